The number of aliphatic hydroxyl groups is 2. The summed E-state index contributed by atoms with van der Waals surface area (Å²) in [6.45, 7) is 1.34. The maximum Gasteiger partial charge on any atom is 0.412 e. The van der Waals surface area contributed by atoms with E-state index in [4.69, 9.17) is 19.3 Å². The number of ketones is 1. The van der Waals surface area contributed by atoms with Crippen LogP contribution in [0.25, 0.3) is 0 Å². The molecule has 2 atom stereocenters. The fourth-order valence-corrected chi connectivity index (χ4v) is 3.40. The molecule has 0 spiro atoms. The number of hydrogen-bond acceptors (Lipinski definition) is 7. The molecule has 3 aromatic rings. The Bertz CT molecular complexity index is 1070. The monoisotopic (exact) mass is 479 g/mol. The van der Waals surface area contributed by atoms with Crippen LogP contribution < -0.4 is 14.8 Å². The molecule has 1 amide bonds. The Morgan fingerprint density at radius 3 is 2.14 bits per heavy atom. The number of amides is 1. The molecule has 0 aliphatic carbocycles. The van der Waals surface area contributed by atoms with Gasteiger partial charge in [-0.1, -0.05) is 30.3 Å². The number of benzene rings is 3. The van der Waals surface area contributed by atoms with Gasteiger partial charge in [0.15, 0.2) is 11.9 Å². The maximum atomic E-state index is 12.8. The molecule has 0 bridgehead atoms. The Kier molecular flexibility index (Phi) is 9.65. The maximum absolute atomic E-state index is 12.8. The zero-order chi connectivity index (χ0) is 25.0. The second-order valence-corrected chi connectivity index (χ2v) is 7.71. The van der Waals surface area contributed by atoms with E-state index >= 15 is 0 Å². The summed E-state index contributed by atoms with van der Waals surface area (Å²) in [6, 6.07) is 22.4. The van der Waals surface area contributed by atoms with Crippen molar-refractivity contribution in [2.45, 2.75) is 25.6 Å². The molecular formula is C27H29NO7. The van der Waals surface area contributed by atoms with Gasteiger partial charge in [-0.05, 0) is 61.0 Å². The fraction of sp³-hybridized carbons (Fsp3) is 0.259. The van der Waals surface area contributed by atoms with Gasteiger partial charge < -0.3 is 24.4 Å². The van der Waals surface area contributed by atoms with Crippen LogP contribution in [0.2, 0.25) is 0 Å². The van der Waals surface area contributed by atoms with E-state index in [9.17, 15) is 14.7 Å². The number of rotatable bonds is 12. The van der Waals surface area contributed by atoms with Gasteiger partial charge in [0.05, 0.1) is 6.61 Å². The van der Waals surface area contributed by atoms with E-state index in [0.29, 0.717) is 28.3 Å². The van der Waals surface area contributed by atoms with Gasteiger partial charge in [-0.2, -0.15) is 0 Å². The summed E-state index contributed by atoms with van der Waals surface area (Å²) in [5.41, 5.74) is 1.64. The second kappa shape index (κ2) is 13.1. The number of nitrogens with one attached hydrogen (secondary N) is 1. The molecule has 0 heterocycles. The summed E-state index contributed by atoms with van der Waals surface area (Å²) >= 11 is 0. The summed E-state index contributed by atoms with van der Waals surface area (Å²) in [5.74, 6) is 1.05. The van der Waals surface area contributed by atoms with Gasteiger partial charge in [0.1, 0.15) is 24.2 Å². The first-order chi connectivity index (χ1) is 17.0. The van der Waals surface area contributed by atoms with E-state index in [1.807, 2.05) is 18.2 Å². The van der Waals surface area contributed by atoms with E-state index in [1.54, 1.807) is 60.7 Å². The summed E-state index contributed by atoms with van der Waals surface area (Å²) in [7, 11) is 0. The summed E-state index contributed by atoms with van der Waals surface area (Å²) in [5, 5.41) is 21.3. The molecule has 8 heteroatoms. The lowest BCUT2D eigenvalue weighted by Crippen LogP contribution is -2.31. The first kappa shape index (κ1) is 25.7. The molecular weight excluding hydrogens is 450 g/mol. The van der Waals surface area contributed by atoms with Crippen molar-refractivity contribution in [1.29, 1.82) is 0 Å². The number of anilines is 1. The minimum absolute atomic E-state index is 0.0736. The van der Waals surface area contributed by atoms with E-state index in [0.717, 1.165) is 0 Å². The molecule has 0 radical (unpaired) electrons. The Morgan fingerprint density at radius 2 is 1.54 bits per heavy atom. The molecule has 3 N–H and O–H groups in total. The quantitative estimate of drug-likeness (QED) is 0.330. The zero-order valence-electron chi connectivity index (χ0n) is 19.4. The SMILES string of the molecule is CC(=O)c1ccc(NC(=O)O[C@@H](c2ccc(OCCO)cc2)[C@H](CCO)Oc2ccccc2)cc1. The molecule has 3 aromatic carbocycles. The average molecular weight is 480 g/mol. The van der Waals surface area contributed by atoms with Crippen molar-refractivity contribution in [2.75, 3.05) is 25.1 Å². The minimum Gasteiger partial charge on any atom is -0.491 e. The second-order valence-electron chi connectivity index (χ2n) is 7.71. The third-order valence-electron chi connectivity index (χ3n) is 5.12. The normalized spacial score (nSPS) is 12.3. The van der Waals surface area contributed by atoms with Crippen molar-refractivity contribution in [3.63, 3.8) is 0 Å². The van der Waals surface area contributed by atoms with Gasteiger partial charge in [-0.25, -0.2) is 4.79 Å². The number of hydrogen-bond donors (Lipinski definition) is 3. The fourth-order valence-electron chi connectivity index (χ4n) is 3.40. The van der Waals surface area contributed by atoms with Crippen LogP contribution in [0.4, 0.5) is 10.5 Å². The van der Waals surface area contributed by atoms with Crippen molar-refractivity contribution in [3.8, 4) is 11.5 Å². The highest BCUT2D eigenvalue weighted by atomic mass is 16.6. The topological polar surface area (TPSA) is 114 Å². The molecule has 35 heavy (non-hydrogen) atoms. The smallest absolute Gasteiger partial charge is 0.412 e. The van der Waals surface area contributed by atoms with Crippen LogP contribution in [0.5, 0.6) is 11.5 Å². The van der Waals surface area contributed by atoms with E-state index < -0.39 is 18.3 Å². The predicted octanol–water partition coefficient (Wildman–Crippen LogP) is 4.38. The number of para-hydroxylation sites is 1. The Balaban J connectivity index is 1.82. The highest BCUT2D eigenvalue weighted by molar-refractivity contribution is 5.95. The lowest BCUT2D eigenvalue weighted by Gasteiger charge is -2.28. The van der Waals surface area contributed by atoms with Gasteiger partial charge in [0.25, 0.3) is 0 Å². The van der Waals surface area contributed by atoms with Crippen LogP contribution >= 0.6 is 0 Å². The van der Waals surface area contributed by atoms with Gasteiger partial charge in [0.2, 0.25) is 0 Å². The molecule has 0 aliphatic heterocycles. The first-order valence-electron chi connectivity index (χ1n) is 11.2. The highest BCUT2D eigenvalue weighted by Gasteiger charge is 2.29. The van der Waals surface area contributed by atoms with Crippen LogP contribution in [-0.2, 0) is 4.74 Å². The van der Waals surface area contributed by atoms with Crippen LogP contribution in [-0.4, -0.2) is 48.0 Å². The third-order valence-corrected chi connectivity index (χ3v) is 5.12. The van der Waals surface area contributed by atoms with Gasteiger partial charge >= 0.3 is 6.09 Å². The summed E-state index contributed by atoms with van der Waals surface area (Å²) in [4.78, 5) is 24.3. The molecule has 0 unspecified atom stereocenters. The molecule has 184 valence electrons. The third kappa shape index (κ3) is 7.84. The van der Waals surface area contributed by atoms with Crippen LogP contribution in [0.3, 0.4) is 0 Å². The molecule has 8 nitrogen and oxygen atoms in total. The largest absolute Gasteiger partial charge is 0.491 e. The van der Waals surface area contributed by atoms with E-state index in [1.165, 1.54) is 6.92 Å². The predicted molar refractivity (Wildman–Crippen MR) is 131 cm³/mol. The number of Topliss-reactive ketones (excluding diaryl/α,β-unsaturated/α-hetero) is 1. The number of carbonyl (C=O) groups excluding carboxylic acids is 2. The lowest BCUT2D eigenvalue weighted by atomic mass is 10.0. The van der Waals surface area contributed by atoms with E-state index in [-0.39, 0.29) is 32.0 Å². The van der Waals surface area contributed by atoms with Gasteiger partial charge in [-0.3, -0.25) is 10.1 Å². The standard InChI is InChI=1S/C27H29NO7/c1-19(31)20-7-11-22(12-8-20)28-27(32)35-26(21-9-13-23(14-10-21)33-18-17-30)25(15-16-29)34-24-5-3-2-4-6-24/h2-14,25-26,29-30H,15-18H2,1H3,(H,28,32)/t25-,26-/m0/s1. The van der Waals surface area contributed by atoms with Crippen molar-refractivity contribution < 1.29 is 34.0 Å². The molecule has 0 fully saturated rings. The van der Waals surface area contributed by atoms with Crippen LogP contribution in [0, 0.1) is 0 Å². The highest BCUT2D eigenvalue weighted by Crippen LogP contribution is 2.29. The lowest BCUT2D eigenvalue weighted by molar-refractivity contribution is 0.00906. The molecule has 0 aliphatic rings. The van der Waals surface area contributed by atoms with Crippen molar-refractivity contribution >= 4 is 17.6 Å². The van der Waals surface area contributed by atoms with Crippen molar-refractivity contribution in [1.82, 2.24) is 0 Å². The number of ether oxygens (including phenoxy) is 3. The Labute approximate surface area is 204 Å². The zero-order valence-corrected chi connectivity index (χ0v) is 19.4. The molecule has 0 saturated heterocycles. The summed E-state index contributed by atoms with van der Waals surface area (Å²) < 4.78 is 17.3. The molecule has 0 aromatic heterocycles. The molecule has 0 saturated carbocycles. The van der Waals surface area contributed by atoms with Crippen molar-refractivity contribution in [2.24, 2.45) is 0 Å². The molecule has 3 rings (SSSR count). The van der Waals surface area contributed by atoms with Crippen LogP contribution in [0.15, 0.2) is 78.9 Å². The van der Waals surface area contributed by atoms with Crippen LogP contribution in [0.1, 0.15) is 35.4 Å². The van der Waals surface area contributed by atoms with Crippen molar-refractivity contribution in [3.05, 3.63) is 90.0 Å². The number of aliphatic hydroxyl groups excluding tert-OH is 2. The minimum atomic E-state index is -0.856. The Morgan fingerprint density at radius 1 is 0.857 bits per heavy atom. The van der Waals surface area contributed by atoms with Gasteiger partial charge in [-0.15, -0.1) is 0 Å². The van der Waals surface area contributed by atoms with Gasteiger partial charge in [0, 0.05) is 24.3 Å². The Hall–Kier alpha value is -3.88. The summed E-state index contributed by atoms with van der Waals surface area (Å²) in [6.07, 6.45) is -2.04. The van der Waals surface area contributed by atoms with E-state index in [2.05, 4.69) is 5.32 Å². The first-order valence-corrected chi connectivity index (χ1v) is 11.2. The average Bonchev–Trinajstić information content (AvgIpc) is 2.87. The number of carbonyl (C=O) groups is 2.